The SMILES string of the molecule is CN(C(=O)c1ccc(Cl)cc1)[C@@H]1CCN(C(=O)[C@@H]2CC(=O)CN2C(=O)c2ccccc2)C[C@H]1c1ccc(Cl)c(Cl)c1. The fourth-order valence-electron chi connectivity index (χ4n) is 5.70. The smallest absolute Gasteiger partial charge is 0.254 e. The first-order valence-electron chi connectivity index (χ1n) is 13.3. The lowest BCUT2D eigenvalue weighted by atomic mass is 9.84. The highest BCUT2D eigenvalue weighted by Crippen LogP contribution is 2.35. The summed E-state index contributed by atoms with van der Waals surface area (Å²) in [6.07, 6.45) is 0.462. The van der Waals surface area contributed by atoms with E-state index in [4.69, 9.17) is 34.8 Å². The van der Waals surface area contributed by atoms with Gasteiger partial charge in [-0.3, -0.25) is 19.2 Å². The zero-order chi connectivity index (χ0) is 29.3. The zero-order valence-electron chi connectivity index (χ0n) is 22.3. The molecule has 7 nitrogen and oxygen atoms in total. The van der Waals surface area contributed by atoms with Gasteiger partial charge < -0.3 is 14.7 Å². The topological polar surface area (TPSA) is 78.0 Å². The van der Waals surface area contributed by atoms with Gasteiger partial charge >= 0.3 is 0 Å². The number of hydrogen-bond acceptors (Lipinski definition) is 4. The van der Waals surface area contributed by atoms with Gasteiger partial charge in [-0.1, -0.05) is 59.1 Å². The number of halogens is 3. The van der Waals surface area contributed by atoms with Crippen LogP contribution < -0.4 is 0 Å². The number of hydrogen-bond donors (Lipinski definition) is 0. The minimum atomic E-state index is -0.880. The highest BCUT2D eigenvalue weighted by Gasteiger charge is 2.44. The van der Waals surface area contributed by atoms with Crippen molar-refractivity contribution in [1.29, 1.82) is 0 Å². The third-order valence-corrected chi connectivity index (χ3v) is 8.87. The van der Waals surface area contributed by atoms with E-state index in [0.29, 0.717) is 39.2 Å². The lowest BCUT2D eigenvalue weighted by molar-refractivity contribution is -0.137. The summed E-state index contributed by atoms with van der Waals surface area (Å²) in [6, 6.07) is 19.5. The molecular formula is C31H28Cl3N3O4. The molecule has 2 aliphatic heterocycles. The van der Waals surface area contributed by atoms with Gasteiger partial charge in [0.1, 0.15) is 6.04 Å². The van der Waals surface area contributed by atoms with E-state index in [9.17, 15) is 19.2 Å². The number of Topliss-reactive ketones (excluding diaryl/α,β-unsaturated/α-hetero) is 1. The standard InChI is InChI=1S/C31H28Cl3N3O4/c1-35(29(39)20-7-10-22(32)11-8-20)27-13-14-36(18-24(27)21-9-12-25(33)26(34)15-21)31(41)28-16-23(38)17-37(28)30(40)19-5-3-2-4-6-19/h2-12,15,24,27-28H,13-14,16-18H2,1H3/t24-,27+,28-/m0/s1. The van der Waals surface area contributed by atoms with Gasteiger partial charge in [0, 0.05) is 54.7 Å². The number of likely N-dealkylation sites (tertiary alicyclic amines) is 2. The highest BCUT2D eigenvalue weighted by atomic mass is 35.5. The molecule has 3 aromatic carbocycles. The van der Waals surface area contributed by atoms with Crippen LogP contribution >= 0.6 is 34.8 Å². The first-order valence-corrected chi connectivity index (χ1v) is 14.4. The van der Waals surface area contributed by atoms with Crippen molar-refractivity contribution in [2.75, 3.05) is 26.7 Å². The van der Waals surface area contributed by atoms with Crippen molar-refractivity contribution in [2.24, 2.45) is 0 Å². The maximum atomic E-state index is 13.9. The molecule has 3 atom stereocenters. The van der Waals surface area contributed by atoms with Crippen molar-refractivity contribution in [3.63, 3.8) is 0 Å². The van der Waals surface area contributed by atoms with Gasteiger partial charge in [-0.25, -0.2) is 0 Å². The molecule has 2 fully saturated rings. The van der Waals surface area contributed by atoms with Gasteiger partial charge in [0.25, 0.3) is 11.8 Å². The lowest BCUT2D eigenvalue weighted by Gasteiger charge is -2.44. The monoisotopic (exact) mass is 611 g/mol. The Morgan fingerprint density at radius 2 is 1.59 bits per heavy atom. The van der Waals surface area contributed by atoms with Crippen molar-refractivity contribution in [3.8, 4) is 0 Å². The van der Waals surface area contributed by atoms with E-state index in [0.717, 1.165) is 5.56 Å². The van der Waals surface area contributed by atoms with Gasteiger partial charge in [0.05, 0.1) is 16.6 Å². The third kappa shape index (κ3) is 6.13. The Morgan fingerprint density at radius 1 is 0.878 bits per heavy atom. The summed E-state index contributed by atoms with van der Waals surface area (Å²) in [6.45, 7) is 0.532. The molecule has 212 valence electrons. The molecule has 0 aromatic heterocycles. The van der Waals surface area contributed by atoms with Gasteiger partial charge in [-0.05, 0) is 60.5 Å². The highest BCUT2D eigenvalue weighted by molar-refractivity contribution is 6.42. The molecule has 0 saturated carbocycles. The summed E-state index contributed by atoms with van der Waals surface area (Å²) in [5, 5.41) is 1.31. The molecule has 2 aliphatic rings. The number of amides is 3. The molecule has 3 amide bonds. The summed E-state index contributed by atoms with van der Waals surface area (Å²) in [7, 11) is 1.75. The molecule has 10 heteroatoms. The molecule has 41 heavy (non-hydrogen) atoms. The number of nitrogens with zero attached hydrogens (tertiary/aromatic N) is 3. The maximum absolute atomic E-state index is 13.9. The lowest BCUT2D eigenvalue weighted by Crippen LogP contribution is -2.55. The van der Waals surface area contributed by atoms with Crippen LogP contribution in [0.2, 0.25) is 15.1 Å². The number of piperidine rings is 1. The van der Waals surface area contributed by atoms with Gasteiger partial charge in [0.2, 0.25) is 5.91 Å². The van der Waals surface area contributed by atoms with Crippen LogP contribution in [0.1, 0.15) is 45.0 Å². The van der Waals surface area contributed by atoms with Crippen molar-refractivity contribution >= 4 is 58.3 Å². The minimum absolute atomic E-state index is 0.0241. The van der Waals surface area contributed by atoms with Crippen LogP contribution in [0.3, 0.4) is 0 Å². The quantitative estimate of drug-likeness (QED) is 0.377. The average molecular weight is 613 g/mol. The molecule has 0 spiro atoms. The molecule has 2 saturated heterocycles. The Kier molecular flexibility index (Phi) is 8.68. The summed E-state index contributed by atoms with van der Waals surface area (Å²) >= 11 is 18.6. The van der Waals surface area contributed by atoms with Crippen LogP contribution in [-0.4, -0.2) is 77.0 Å². The summed E-state index contributed by atoms with van der Waals surface area (Å²) in [4.78, 5) is 57.8. The number of ketones is 1. The van der Waals surface area contributed by atoms with Crippen molar-refractivity contribution in [1.82, 2.24) is 14.7 Å². The third-order valence-electron chi connectivity index (χ3n) is 7.88. The van der Waals surface area contributed by atoms with Crippen LogP contribution in [0.5, 0.6) is 0 Å². The van der Waals surface area contributed by atoms with E-state index in [1.54, 1.807) is 83.6 Å². The Balaban J connectivity index is 1.41. The molecule has 0 bridgehead atoms. The van der Waals surface area contributed by atoms with Crippen LogP contribution in [0, 0.1) is 0 Å². The Bertz CT molecular complexity index is 1480. The first-order chi connectivity index (χ1) is 19.6. The predicted octanol–water partition coefficient (Wildman–Crippen LogP) is 5.59. The number of likely N-dealkylation sites (N-methyl/N-ethyl adjacent to an activating group) is 1. The molecule has 0 N–H and O–H groups in total. The number of benzene rings is 3. The summed E-state index contributed by atoms with van der Waals surface area (Å²) in [5.41, 5.74) is 1.76. The number of carbonyl (C=O) groups excluding carboxylic acids is 4. The minimum Gasteiger partial charge on any atom is -0.340 e. The first kappa shape index (κ1) is 29.1. The normalized spacial score (nSPS) is 20.7. The Morgan fingerprint density at radius 3 is 2.27 bits per heavy atom. The van der Waals surface area contributed by atoms with E-state index in [1.165, 1.54) is 4.90 Å². The number of carbonyl (C=O) groups is 4. The van der Waals surface area contributed by atoms with Gasteiger partial charge in [0.15, 0.2) is 5.78 Å². The van der Waals surface area contributed by atoms with Crippen molar-refractivity contribution in [3.05, 3.63) is 105 Å². The molecule has 3 aromatic rings. The van der Waals surface area contributed by atoms with Gasteiger partial charge in [-0.2, -0.15) is 0 Å². The van der Waals surface area contributed by atoms with E-state index >= 15 is 0 Å². The predicted molar refractivity (Wildman–Crippen MR) is 159 cm³/mol. The largest absolute Gasteiger partial charge is 0.340 e. The van der Waals surface area contributed by atoms with Crippen LogP contribution in [0.25, 0.3) is 0 Å². The second kappa shape index (κ2) is 12.2. The summed E-state index contributed by atoms with van der Waals surface area (Å²) in [5.74, 6) is -1.25. The zero-order valence-corrected chi connectivity index (χ0v) is 24.6. The maximum Gasteiger partial charge on any atom is 0.254 e. The molecule has 0 aliphatic carbocycles. The molecule has 5 rings (SSSR count). The van der Waals surface area contributed by atoms with Crippen LogP contribution in [-0.2, 0) is 9.59 Å². The Labute approximate surface area is 253 Å². The molecule has 2 heterocycles. The Hall–Kier alpha value is -3.39. The second-order valence-corrected chi connectivity index (χ2v) is 11.7. The average Bonchev–Trinajstić information content (AvgIpc) is 3.39. The van der Waals surface area contributed by atoms with Crippen LogP contribution in [0.15, 0.2) is 72.8 Å². The summed E-state index contributed by atoms with van der Waals surface area (Å²) < 4.78 is 0. The van der Waals surface area contributed by atoms with Crippen molar-refractivity contribution in [2.45, 2.75) is 30.8 Å². The second-order valence-electron chi connectivity index (χ2n) is 10.4. The van der Waals surface area contributed by atoms with E-state index < -0.39 is 6.04 Å². The van der Waals surface area contributed by atoms with Gasteiger partial charge in [-0.15, -0.1) is 0 Å². The fraction of sp³-hybridized carbons (Fsp3) is 0.290. The molecular weight excluding hydrogens is 585 g/mol. The number of rotatable bonds is 5. The van der Waals surface area contributed by atoms with Crippen molar-refractivity contribution < 1.29 is 19.2 Å². The molecule has 0 radical (unpaired) electrons. The van der Waals surface area contributed by atoms with E-state index in [2.05, 4.69) is 0 Å². The fourth-order valence-corrected chi connectivity index (χ4v) is 6.14. The van der Waals surface area contributed by atoms with Crippen LogP contribution in [0.4, 0.5) is 0 Å². The van der Waals surface area contributed by atoms with E-state index in [-0.39, 0.29) is 55.0 Å². The molecule has 0 unspecified atom stereocenters. The van der Waals surface area contributed by atoms with E-state index in [1.807, 2.05) is 6.07 Å².